The maximum absolute atomic E-state index is 13.0. The van der Waals surface area contributed by atoms with Gasteiger partial charge in [0.15, 0.2) is 0 Å². The predicted molar refractivity (Wildman–Crippen MR) is 70.7 cm³/mol. The quantitative estimate of drug-likeness (QED) is 0.838. The molecule has 19 heavy (non-hydrogen) atoms. The average Bonchev–Trinajstić information content (AvgIpc) is 2.35. The predicted octanol–water partition coefficient (Wildman–Crippen LogP) is 3.00. The zero-order chi connectivity index (χ0) is 13.7. The molecule has 2 nitrogen and oxygen atoms in total. The summed E-state index contributed by atoms with van der Waals surface area (Å²) in [5, 5.41) is 3.22. The Kier molecular flexibility index (Phi) is 4.58. The van der Waals surface area contributed by atoms with Crippen LogP contribution in [0.1, 0.15) is 16.8 Å². The Morgan fingerprint density at radius 2 is 1.89 bits per heavy atom. The van der Waals surface area contributed by atoms with Gasteiger partial charge in [-0.2, -0.15) is 0 Å². The van der Waals surface area contributed by atoms with Gasteiger partial charge in [-0.05, 0) is 49.2 Å². The van der Waals surface area contributed by atoms with Gasteiger partial charge in [0.05, 0.1) is 5.69 Å². The number of pyridine rings is 1. The van der Waals surface area contributed by atoms with Crippen LogP contribution in [0.4, 0.5) is 8.78 Å². The van der Waals surface area contributed by atoms with Gasteiger partial charge >= 0.3 is 0 Å². The topological polar surface area (TPSA) is 24.9 Å². The minimum absolute atomic E-state index is 0.532. The molecule has 0 spiro atoms. The molecule has 0 bridgehead atoms. The molecule has 1 N–H and O–H groups in total. The van der Waals surface area contributed by atoms with E-state index in [0.717, 1.165) is 17.3 Å². The molecular weight excluding hydrogens is 246 g/mol. The number of aromatic nitrogens is 1. The minimum atomic E-state index is -0.532. The van der Waals surface area contributed by atoms with Crippen LogP contribution in [0.3, 0.4) is 0 Å². The molecule has 100 valence electrons. The number of aryl methyl sites for hydroxylation is 1. The van der Waals surface area contributed by atoms with Crippen LogP contribution in [-0.2, 0) is 13.0 Å². The summed E-state index contributed by atoms with van der Waals surface area (Å²) in [4.78, 5) is 4.27. The van der Waals surface area contributed by atoms with Crippen molar-refractivity contribution >= 4 is 0 Å². The first kappa shape index (κ1) is 13.6. The highest BCUT2D eigenvalue weighted by Gasteiger charge is 2.01. The normalized spacial score (nSPS) is 10.7. The summed E-state index contributed by atoms with van der Waals surface area (Å²) in [5.41, 5.74) is 2.78. The smallest absolute Gasteiger partial charge is 0.126 e. The van der Waals surface area contributed by atoms with Crippen molar-refractivity contribution in [3.63, 3.8) is 0 Å². The van der Waals surface area contributed by atoms with E-state index in [9.17, 15) is 8.78 Å². The number of rotatable bonds is 5. The van der Waals surface area contributed by atoms with E-state index in [1.807, 2.05) is 19.1 Å². The van der Waals surface area contributed by atoms with Crippen LogP contribution in [-0.4, -0.2) is 11.5 Å². The van der Waals surface area contributed by atoms with Gasteiger partial charge in [-0.25, -0.2) is 8.78 Å². The molecule has 0 atom stereocenters. The molecule has 2 rings (SSSR count). The average molecular weight is 262 g/mol. The zero-order valence-electron chi connectivity index (χ0n) is 10.8. The van der Waals surface area contributed by atoms with E-state index >= 15 is 0 Å². The lowest BCUT2D eigenvalue weighted by molar-refractivity contribution is 0.577. The Bertz CT molecular complexity index is 535. The molecule has 1 heterocycles. The van der Waals surface area contributed by atoms with Crippen LogP contribution in [0.5, 0.6) is 0 Å². The van der Waals surface area contributed by atoms with Crippen LogP contribution in [0.25, 0.3) is 0 Å². The number of benzene rings is 1. The van der Waals surface area contributed by atoms with Gasteiger partial charge < -0.3 is 5.32 Å². The van der Waals surface area contributed by atoms with Crippen LogP contribution < -0.4 is 5.32 Å². The SMILES string of the molecule is Cc1cccnc1CNCCc1cc(F)cc(F)c1. The van der Waals surface area contributed by atoms with Crippen molar-refractivity contribution in [3.8, 4) is 0 Å². The second-order valence-electron chi connectivity index (χ2n) is 4.47. The van der Waals surface area contributed by atoms with E-state index in [1.165, 1.54) is 12.1 Å². The van der Waals surface area contributed by atoms with E-state index in [-0.39, 0.29) is 0 Å². The van der Waals surface area contributed by atoms with Crippen LogP contribution in [0.15, 0.2) is 36.5 Å². The van der Waals surface area contributed by atoms with Crippen LogP contribution in [0.2, 0.25) is 0 Å². The fourth-order valence-electron chi connectivity index (χ4n) is 1.90. The fourth-order valence-corrected chi connectivity index (χ4v) is 1.90. The van der Waals surface area contributed by atoms with Gasteiger partial charge in [0.25, 0.3) is 0 Å². The summed E-state index contributed by atoms with van der Waals surface area (Å²) < 4.78 is 26.0. The number of nitrogens with one attached hydrogen (secondary N) is 1. The fraction of sp³-hybridized carbons (Fsp3) is 0.267. The Balaban J connectivity index is 1.82. The molecule has 0 aliphatic heterocycles. The molecule has 0 amide bonds. The summed E-state index contributed by atoms with van der Waals surface area (Å²) in [6, 6.07) is 7.50. The van der Waals surface area contributed by atoms with E-state index in [0.29, 0.717) is 25.1 Å². The van der Waals surface area contributed by atoms with Gasteiger partial charge in [-0.1, -0.05) is 6.07 Å². The third-order valence-electron chi connectivity index (χ3n) is 2.92. The summed E-state index contributed by atoms with van der Waals surface area (Å²) in [6.07, 6.45) is 2.34. The Hall–Kier alpha value is -1.81. The Morgan fingerprint density at radius 3 is 2.58 bits per heavy atom. The molecule has 0 fully saturated rings. The van der Waals surface area contributed by atoms with Crippen LogP contribution in [0, 0.1) is 18.6 Å². The first-order valence-electron chi connectivity index (χ1n) is 6.21. The molecule has 4 heteroatoms. The lowest BCUT2D eigenvalue weighted by Gasteiger charge is -2.07. The molecule has 0 saturated heterocycles. The zero-order valence-corrected chi connectivity index (χ0v) is 10.8. The highest BCUT2D eigenvalue weighted by molar-refractivity contribution is 5.19. The molecule has 1 aromatic carbocycles. The monoisotopic (exact) mass is 262 g/mol. The summed E-state index contributed by atoms with van der Waals surface area (Å²) in [5.74, 6) is -1.06. The van der Waals surface area contributed by atoms with Gasteiger partial charge in [0.1, 0.15) is 11.6 Å². The summed E-state index contributed by atoms with van der Waals surface area (Å²) in [7, 11) is 0. The first-order valence-corrected chi connectivity index (χ1v) is 6.21. The largest absolute Gasteiger partial charge is 0.311 e. The number of nitrogens with zero attached hydrogens (tertiary/aromatic N) is 1. The maximum Gasteiger partial charge on any atom is 0.126 e. The second kappa shape index (κ2) is 6.38. The summed E-state index contributed by atoms with van der Waals surface area (Å²) >= 11 is 0. The molecule has 0 aliphatic carbocycles. The Morgan fingerprint density at radius 1 is 1.16 bits per heavy atom. The van der Waals surface area contributed by atoms with Gasteiger partial charge in [0.2, 0.25) is 0 Å². The van der Waals surface area contributed by atoms with Crippen molar-refractivity contribution < 1.29 is 8.78 Å². The van der Waals surface area contributed by atoms with E-state index in [2.05, 4.69) is 10.3 Å². The second-order valence-corrected chi connectivity index (χ2v) is 4.47. The van der Waals surface area contributed by atoms with Crippen molar-refractivity contribution in [1.82, 2.24) is 10.3 Å². The molecule has 2 aromatic rings. The van der Waals surface area contributed by atoms with Crippen molar-refractivity contribution in [3.05, 3.63) is 65.0 Å². The molecule has 0 unspecified atom stereocenters. The highest BCUT2D eigenvalue weighted by atomic mass is 19.1. The van der Waals surface area contributed by atoms with Crippen molar-refractivity contribution in [2.45, 2.75) is 19.9 Å². The minimum Gasteiger partial charge on any atom is -0.311 e. The number of hydrogen-bond donors (Lipinski definition) is 1. The van der Waals surface area contributed by atoms with Crippen molar-refractivity contribution in [2.24, 2.45) is 0 Å². The number of halogens is 2. The molecule has 0 aliphatic rings. The van der Waals surface area contributed by atoms with Gasteiger partial charge in [-0.15, -0.1) is 0 Å². The molecule has 0 radical (unpaired) electrons. The lowest BCUT2D eigenvalue weighted by Crippen LogP contribution is -2.18. The van der Waals surface area contributed by atoms with Crippen molar-refractivity contribution in [1.29, 1.82) is 0 Å². The molecule has 1 aromatic heterocycles. The molecular formula is C15H16F2N2. The third-order valence-corrected chi connectivity index (χ3v) is 2.92. The Labute approximate surface area is 111 Å². The van der Waals surface area contributed by atoms with E-state index in [4.69, 9.17) is 0 Å². The van der Waals surface area contributed by atoms with E-state index < -0.39 is 11.6 Å². The standard InChI is InChI=1S/C15H16F2N2/c1-11-3-2-5-19-15(11)10-18-6-4-12-7-13(16)9-14(17)8-12/h2-3,5,7-9,18H,4,6,10H2,1H3. The van der Waals surface area contributed by atoms with Gasteiger partial charge in [0, 0.05) is 18.8 Å². The van der Waals surface area contributed by atoms with E-state index in [1.54, 1.807) is 6.20 Å². The highest BCUT2D eigenvalue weighted by Crippen LogP contribution is 2.08. The first-order chi connectivity index (χ1) is 9.15. The van der Waals surface area contributed by atoms with Crippen molar-refractivity contribution in [2.75, 3.05) is 6.54 Å². The lowest BCUT2D eigenvalue weighted by atomic mass is 10.1. The third kappa shape index (κ3) is 4.10. The molecule has 0 saturated carbocycles. The maximum atomic E-state index is 13.0. The van der Waals surface area contributed by atoms with Crippen LogP contribution >= 0.6 is 0 Å². The summed E-state index contributed by atoms with van der Waals surface area (Å²) in [6.45, 7) is 3.31. The van der Waals surface area contributed by atoms with Gasteiger partial charge in [-0.3, -0.25) is 4.98 Å². The number of hydrogen-bond acceptors (Lipinski definition) is 2.